The molecular weight excluding hydrogens is 338 g/mol. The first-order chi connectivity index (χ1) is 13.0. The zero-order valence-electron chi connectivity index (χ0n) is 16.2. The van der Waals surface area contributed by atoms with Crippen LogP contribution in [0.5, 0.6) is 5.75 Å². The summed E-state index contributed by atoms with van der Waals surface area (Å²) in [5, 5.41) is 6.54. The van der Waals surface area contributed by atoms with Crippen molar-refractivity contribution in [1.29, 1.82) is 0 Å². The van der Waals surface area contributed by atoms with Crippen LogP contribution in [0.15, 0.2) is 48.9 Å². The molecule has 0 atom stereocenters. The van der Waals surface area contributed by atoms with Crippen LogP contribution in [-0.2, 0) is 6.42 Å². The molecule has 0 aliphatic heterocycles. The number of benzene rings is 1. The van der Waals surface area contributed by atoms with Crippen LogP contribution in [0.25, 0.3) is 0 Å². The van der Waals surface area contributed by atoms with Gasteiger partial charge in [0.25, 0.3) is 0 Å². The van der Waals surface area contributed by atoms with E-state index in [0.29, 0.717) is 17.6 Å². The Morgan fingerprint density at radius 3 is 2.44 bits per heavy atom. The quantitative estimate of drug-likeness (QED) is 0.624. The molecule has 27 heavy (non-hydrogen) atoms. The molecule has 6 nitrogen and oxygen atoms in total. The summed E-state index contributed by atoms with van der Waals surface area (Å²) in [4.78, 5) is 13.0. The van der Waals surface area contributed by atoms with Gasteiger partial charge in [-0.1, -0.05) is 26.0 Å². The maximum atomic E-state index is 5.32. The number of nitrogens with zero attached hydrogens (tertiary/aromatic N) is 3. The molecule has 2 aromatic heterocycles. The standard InChI is InChI=1S/C21H25N5O/c1-14(2)11-16-5-7-17(8-6-16)25-21-23-12-19(15(3)24-21)26-18-9-10-22-13-20(18)27-4/h5-10,12-14H,11H2,1-4H3,(H,22,26)(H,23,24,25). The van der Waals surface area contributed by atoms with Crippen molar-refractivity contribution in [2.75, 3.05) is 17.7 Å². The zero-order valence-corrected chi connectivity index (χ0v) is 16.2. The first-order valence-electron chi connectivity index (χ1n) is 9.00. The zero-order chi connectivity index (χ0) is 19.2. The van der Waals surface area contributed by atoms with E-state index in [9.17, 15) is 0 Å². The molecule has 0 fully saturated rings. The van der Waals surface area contributed by atoms with Crippen LogP contribution in [0.1, 0.15) is 25.1 Å². The second kappa shape index (κ2) is 8.49. The molecular formula is C21H25N5O. The lowest BCUT2D eigenvalue weighted by Crippen LogP contribution is -2.03. The third-order valence-electron chi connectivity index (χ3n) is 4.11. The number of aryl methyl sites for hydroxylation is 1. The minimum Gasteiger partial charge on any atom is -0.493 e. The van der Waals surface area contributed by atoms with Crippen LogP contribution in [0, 0.1) is 12.8 Å². The van der Waals surface area contributed by atoms with E-state index in [1.807, 2.05) is 13.0 Å². The predicted octanol–water partition coefficient (Wildman–Crippen LogP) is 4.87. The van der Waals surface area contributed by atoms with E-state index in [4.69, 9.17) is 4.74 Å². The molecule has 0 unspecified atom stereocenters. The van der Waals surface area contributed by atoms with Gasteiger partial charge in [0.05, 0.1) is 36.6 Å². The summed E-state index contributed by atoms with van der Waals surface area (Å²) in [6.07, 6.45) is 6.21. The summed E-state index contributed by atoms with van der Waals surface area (Å²) in [6, 6.07) is 10.2. The van der Waals surface area contributed by atoms with Crippen LogP contribution in [0.4, 0.5) is 23.0 Å². The van der Waals surface area contributed by atoms with Crippen molar-refractivity contribution < 1.29 is 4.74 Å². The highest BCUT2D eigenvalue weighted by Gasteiger charge is 2.08. The molecule has 140 valence electrons. The van der Waals surface area contributed by atoms with Crippen LogP contribution in [0.3, 0.4) is 0 Å². The molecule has 0 bridgehead atoms. The molecule has 0 aliphatic rings. The average Bonchev–Trinajstić information content (AvgIpc) is 2.65. The monoisotopic (exact) mass is 363 g/mol. The Labute approximate surface area is 160 Å². The van der Waals surface area contributed by atoms with Gasteiger partial charge in [0.15, 0.2) is 5.75 Å². The van der Waals surface area contributed by atoms with E-state index >= 15 is 0 Å². The van der Waals surface area contributed by atoms with E-state index in [1.54, 1.807) is 25.7 Å². The molecule has 2 heterocycles. The lowest BCUT2D eigenvalue weighted by molar-refractivity contribution is 0.415. The fourth-order valence-corrected chi connectivity index (χ4v) is 2.77. The Balaban J connectivity index is 1.71. The number of anilines is 4. The van der Waals surface area contributed by atoms with E-state index in [-0.39, 0.29) is 0 Å². The number of rotatable bonds is 7. The Kier molecular flexibility index (Phi) is 5.86. The first kappa shape index (κ1) is 18.6. The summed E-state index contributed by atoms with van der Waals surface area (Å²) in [5.74, 6) is 1.88. The normalized spacial score (nSPS) is 10.7. The van der Waals surface area contributed by atoms with Gasteiger partial charge in [-0.2, -0.15) is 0 Å². The maximum Gasteiger partial charge on any atom is 0.227 e. The summed E-state index contributed by atoms with van der Waals surface area (Å²) >= 11 is 0. The highest BCUT2D eigenvalue weighted by Crippen LogP contribution is 2.27. The molecule has 0 amide bonds. The largest absolute Gasteiger partial charge is 0.493 e. The van der Waals surface area contributed by atoms with E-state index in [2.05, 4.69) is 63.7 Å². The summed E-state index contributed by atoms with van der Waals surface area (Å²) < 4.78 is 5.32. The third kappa shape index (κ3) is 4.94. The van der Waals surface area contributed by atoms with Gasteiger partial charge in [0.1, 0.15) is 0 Å². The fraction of sp³-hybridized carbons (Fsp3) is 0.286. The number of nitrogens with one attached hydrogen (secondary N) is 2. The number of pyridine rings is 1. The lowest BCUT2D eigenvalue weighted by atomic mass is 10.0. The van der Waals surface area contributed by atoms with Gasteiger partial charge in [-0.05, 0) is 43.0 Å². The van der Waals surface area contributed by atoms with E-state index in [0.717, 1.165) is 29.2 Å². The van der Waals surface area contributed by atoms with Gasteiger partial charge in [-0.25, -0.2) is 9.97 Å². The SMILES string of the molecule is COc1cnccc1Nc1cnc(Nc2ccc(CC(C)C)cc2)nc1C. The first-order valence-corrected chi connectivity index (χ1v) is 9.00. The molecule has 3 aromatic rings. The summed E-state index contributed by atoms with van der Waals surface area (Å²) in [5.41, 5.74) is 4.78. The molecule has 6 heteroatoms. The van der Waals surface area contributed by atoms with Crippen molar-refractivity contribution in [2.45, 2.75) is 27.2 Å². The molecule has 0 aliphatic carbocycles. The van der Waals surface area contributed by atoms with Crippen LogP contribution in [0.2, 0.25) is 0 Å². The molecule has 2 N–H and O–H groups in total. The smallest absolute Gasteiger partial charge is 0.227 e. The Bertz CT molecular complexity index is 893. The summed E-state index contributed by atoms with van der Waals surface area (Å²) in [6.45, 7) is 6.38. The highest BCUT2D eigenvalue weighted by atomic mass is 16.5. The maximum absolute atomic E-state index is 5.32. The van der Waals surface area contributed by atoms with E-state index in [1.165, 1.54) is 5.56 Å². The number of hydrogen-bond acceptors (Lipinski definition) is 6. The van der Waals surface area contributed by atoms with Crippen molar-refractivity contribution in [3.05, 3.63) is 60.2 Å². The molecule has 3 rings (SSSR count). The Morgan fingerprint density at radius 2 is 1.78 bits per heavy atom. The number of aromatic nitrogens is 3. The lowest BCUT2D eigenvalue weighted by Gasteiger charge is -2.13. The van der Waals surface area contributed by atoms with Crippen molar-refractivity contribution in [2.24, 2.45) is 5.92 Å². The minimum atomic E-state index is 0.566. The van der Waals surface area contributed by atoms with Crippen molar-refractivity contribution in [3.8, 4) is 5.75 Å². The Morgan fingerprint density at radius 1 is 1.00 bits per heavy atom. The second-order valence-electron chi connectivity index (χ2n) is 6.81. The minimum absolute atomic E-state index is 0.566. The molecule has 0 saturated carbocycles. The fourth-order valence-electron chi connectivity index (χ4n) is 2.77. The van der Waals surface area contributed by atoms with Crippen molar-refractivity contribution >= 4 is 23.0 Å². The summed E-state index contributed by atoms with van der Waals surface area (Å²) in [7, 11) is 1.62. The number of hydrogen-bond donors (Lipinski definition) is 2. The molecule has 0 spiro atoms. The van der Waals surface area contributed by atoms with Gasteiger partial charge in [0, 0.05) is 11.9 Å². The number of ether oxygens (including phenoxy) is 1. The second-order valence-corrected chi connectivity index (χ2v) is 6.81. The van der Waals surface area contributed by atoms with Gasteiger partial charge in [-0.3, -0.25) is 4.98 Å². The third-order valence-corrected chi connectivity index (χ3v) is 4.11. The van der Waals surface area contributed by atoms with Gasteiger partial charge >= 0.3 is 0 Å². The van der Waals surface area contributed by atoms with E-state index < -0.39 is 0 Å². The van der Waals surface area contributed by atoms with Gasteiger partial charge in [-0.15, -0.1) is 0 Å². The van der Waals surface area contributed by atoms with Gasteiger partial charge < -0.3 is 15.4 Å². The molecule has 1 aromatic carbocycles. The van der Waals surface area contributed by atoms with Crippen LogP contribution >= 0.6 is 0 Å². The predicted molar refractivity (Wildman–Crippen MR) is 109 cm³/mol. The topological polar surface area (TPSA) is 72.0 Å². The highest BCUT2D eigenvalue weighted by molar-refractivity contribution is 5.67. The average molecular weight is 363 g/mol. The van der Waals surface area contributed by atoms with Crippen LogP contribution < -0.4 is 15.4 Å². The van der Waals surface area contributed by atoms with Crippen molar-refractivity contribution in [1.82, 2.24) is 15.0 Å². The number of methoxy groups -OCH3 is 1. The Hall–Kier alpha value is -3.15. The van der Waals surface area contributed by atoms with Crippen LogP contribution in [-0.4, -0.2) is 22.1 Å². The molecule has 0 radical (unpaired) electrons. The van der Waals surface area contributed by atoms with Gasteiger partial charge in [0.2, 0.25) is 5.95 Å². The van der Waals surface area contributed by atoms with Crippen molar-refractivity contribution in [3.63, 3.8) is 0 Å². The molecule has 0 saturated heterocycles.